The zero-order valence-electron chi connectivity index (χ0n) is 15.4. The molecule has 0 spiro atoms. The molecule has 8 heteroatoms. The normalized spacial score (nSPS) is 10.9. The third kappa shape index (κ3) is 4.75. The second-order valence-corrected chi connectivity index (χ2v) is 5.54. The van der Waals surface area contributed by atoms with E-state index >= 15 is 0 Å². The molecule has 0 fully saturated rings. The number of nitro benzene ring substituents is 1. The number of nitrogens with zero attached hydrogens (tertiary/aromatic N) is 1. The molecule has 1 N–H and O–H groups in total. The highest BCUT2D eigenvalue weighted by Crippen LogP contribution is 2.30. The summed E-state index contributed by atoms with van der Waals surface area (Å²) < 4.78 is 15.6. The van der Waals surface area contributed by atoms with Crippen molar-refractivity contribution in [2.45, 2.75) is 6.92 Å². The number of hydrogen-bond donors (Lipinski definition) is 1. The number of amides is 1. The van der Waals surface area contributed by atoms with Crippen LogP contribution in [-0.2, 0) is 4.79 Å². The topological polar surface area (TPSA) is 99.9 Å². The molecule has 1 amide bonds. The summed E-state index contributed by atoms with van der Waals surface area (Å²) >= 11 is 0. The number of rotatable bonds is 7. The Kier molecular flexibility index (Phi) is 6.37. The van der Waals surface area contributed by atoms with Gasteiger partial charge in [0.25, 0.3) is 11.6 Å². The number of carbonyl (C=O) groups excluding carboxylic acids is 1. The van der Waals surface area contributed by atoms with Gasteiger partial charge < -0.3 is 19.5 Å². The van der Waals surface area contributed by atoms with Gasteiger partial charge >= 0.3 is 0 Å². The Bertz CT molecular complexity index is 892. The first kappa shape index (κ1) is 19.8. The average Bonchev–Trinajstić information content (AvgIpc) is 2.67. The number of ether oxygens (including phenoxy) is 3. The van der Waals surface area contributed by atoms with Gasteiger partial charge in [0, 0.05) is 11.6 Å². The summed E-state index contributed by atoms with van der Waals surface area (Å²) in [4.78, 5) is 22.8. The van der Waals surface area contributed by atoms with Crippen LogP contribution < -0.4 is 19.5 Å². The van der Waals surface area contributed by atoms with Crippen LogP contribution in [0.25, 0.3) is 6.08 Å². The van der Waals surface area contributed by atoms with Crippen LogP contribution in [0.4, 0.5) is 11.4 Å². The van der Waals surface area contributed by atoms with Gasteiger partial charge in [-0.2, -0.15) is 0 Å². The molecule has 2 rings (SSSR count). The van der Waals surface area contributed by atoms with E-state index in [0.717, 1.165) is 5.56 Å². The maximum Gasteiger partial charge on any atom is 0.273 e. The van der Waals surface area contributed by atoms with Gasteiger partial charge in [-0.1, -0.05) is 6.07 Å². The molecule has 0 radical (unpaired) electrons. The van der Waals surface area contributed by atoms with Crippen LogP contribution in [0.1, 0.15) is 12.5 Å². The van der Waals surface area contributed by atoms with Gasteiger partial charge in [-0.15, -0.1) is 0 Å². The SMILES string of the molecule is COc1cc([N+](=O)[O-])ccc1NC(=O)/C(C)=C/c1ccc(OC)c(OC)c1. The minimum atomic E-state index is -0.531. The molecule has 0 unspecified atom stereocenters. The molecular weight excluding hydrogens is 352 g/mol. The van der Waals surface area contributed by atoms with Crippen molar-refractivity contribution in [1.82, 2.24) is 0 Å². The summed E-state index contributed by atoms with van der Waals surface area (Å²) in [6.45, 7) is 1.66. The van der Waals surface area contributed by atoms with E-state index in [1.807, 2.05) is 0 Å². The first-order valence-corrected chi connectivity index (χ1v) is 7.93. The molecule has 0 aromatic heterocycles. The van der Waals surface area contributed by atoms with Crippen LogP contribution >= 0.6 is 0 Å². The van der Waals surface area contributed by atoms with Crippen molar-refractivity contribution in [2.75, 3.05) is 26.6 Å². The maximum atomic E-state index is 12.5. The van der Waals surface area contributed by atoms with Gasteiger partial charge in [0.05, 0.1) is 38.0 Å². The van der Waals surface area contributed by atoms with Crippen LogP contribution in [0.5, 0.6) is 17.2 Å². The fraction of sp³-hybridized carbons (Fsp3) is 0.211. The maximum absolute atomic E-state index is 12.5. The minimum Gasteiger partial charge on any atom is -0.494 e. The third-order valence-electron chi connectivity index (χ3n) is 3.79. The van der Waals surface area contributed by atoms with Crippen LogP contribution in [0.15, 0.2) is 42.0 Å². The van der Waals surface area contributed by atoms with Crippen molar-refractivity contribution >= 4 is 23.4 Å². The molecule has 0 aliphatic rings. The Morgan fingerprint density at radius 3 is 2.26 bits per heavy atom. The van der Waals surface area contributed by atoms with E-state index < -0.39 is 4.92 Å². The molecule has 27 heavy (non-hydrogen) atoms. The second kappa shape index (κ2) is 8.70. The first-order chi connectivity index (χ1) is 12.9. The summed E-state index contributed by atoms with van der Waals surface area (Å²) in [5.74, 6) is 0.984. The molecule has 2 aromatic carbocycles. The molecule has 8 nitrogen and oxygen atoms in total. The van der Waals surface area contributed by atoms with Gasteiger partial charge in [0.15, 0.2) is 11.5 Å². The molecular formula is C19H20N2O6. The lowest BCUT2D eigenvalue weighted by Gasteiger charge is -2.11. The number of nitro groups is 1. The molecule has 2 aromatic rings. The number of anilines is 1. The van der Waals surface area contributed by atoms with Crippen molar-refractivity contribution in [3.8, 4) is 17.2 Å². The Morgan fingerprint density at radius 1 is 1.00 bits per heavy atom. The highest BCUT2D eigenvalue weighted by atomic mass is 16.6. The lowest BCUT2D eigenvalue weighted by atomic mass is 10.1. The summed E-state index contributed by atoms with van der Waals surface area (Å²) in [7, 11) is 4.45. The Hall–Kier alpha value is -3.55. The monoisotopic (exact) mass is 372 g/mol. The van der Waals surface area contributed by atoms with Gasteiger partial charge in [0.1, 0.15) is 5.75 Å². The molecule has 0 saturated heterocycles. The zero-order chi connectivity index (χ0) is 20.0. The smallest absolute Gasteiger partial charge is 0.273 e. The summed E-state index contributed by atoms with van der Waals surface area (Å²) in [6.07, 6.45) is 1.69. The standard InChI is InChI=1S/C19H20N2O6/c1-12(9-13-5-8-16(25-2)18(10-13)27-4)19(22)20-15-7-6-14(21(23)24)11-17(15)26-3/h5-11H,1-4H3,(H,20,22)/b12-9+. The van der Waals surface area contributed by atoms with E-state index in [2.05, 4.69) is 5.32 Å². The number of methoxy groups -OCH3 is 3. The molecule has 0 bridgehead atoms. The average molecular weight is 372 g/mol. The number of non-ortho nitro benzene ring substituents is 1. The highest BCUT2D eigenvalue weighted by Gasteiger charge is 2.14. The van der Waals surface area contributed by atoms with E-state index in [1.54, 1.807) is 38.3 Å². The van der Waals surface area contributed by atoms with Gasteiger partial charge in [-0.05, 0) is 36.8 Å². The van der Waals surface area contributed by atoms with E-state index in [0.29, 0.717) is 22.8 Å². The molecule has 0 aliphatic heterocycles. The molecule has 0 aliphatic carbocycles. The summed E-state index contributed by atoms with van der Waals surface area (Å²) in [5.41, 5.74) is 1.41. The van der Waals surface area contributed by atoms with E-state index in [1.165, 1.54) is 32.4 Å². The van der Waals surface area contributed by atoms with Crippen LogP contribution in [0.2, 0.25) is 0 Å². The fourth-order valence-corrected chi connectivity index (χ4v) is 2.38. The predicted molar refractivity (Wildman–Crippen MR) is 101 cm³/mol. The number of hydrogen-bond acceptors (Lipinski definition) is 6. The second-order valence-electron chi connectivity index (χ2n) is 5.54. The quantitative estimate of drug-likeness (QED) is 0.452. The lowest BCUT2D eigenvalue weighted by Crippen LogP contribution is -2.13. The summed E-state index contributed by atoms with van der Waals surface area (Å²) in [6, 6.07) is 9.27. The third-order valence-corrected chi connectivity index (χ3v) is 3.79. The number of nitrogens with one attached hydrogen (secondary N) is 1. The Labute approximate surface area is 156 Å². The minimum absolute atomic E-state index is 0.123. The molecule has 142 valence electrons. The largest absolute Gasteiger partial charge is 0.494 e. The van der Waals surface area contributed by atoms with Crippen molar-refractivity contribution < 1.29 is 23.9 Å². The van der Waals surface area contributed by atoms with Crippen molar-refractivity contribution in [1.29, 1.82) is 0 Å². The van der Waals surface area contributed by atoms with Crippen molar-refractivity contribution in [2.24, 2.45) is 0 Å². The van der Waals surface area contributed by atoms with Gasteiger partial charge in [-0.25, -0.2) is 0 Å². The number of carbonyl (C=O) groups is 1. The molecule has 0 heterocycles. The Balaban J connectivity index is 2.23. The van der Waals surface area contributed by atoms with Crippen LogP contribution in [0, 0.1) is 10.1 Å². The lowest BCUT2D eigenvalue weighted by molar-refractivity contribution is -0.384. The van der Waals surface area contributed by atoms with E-state index in [4.69, 9.17) is 14.2 Å². The number of benzene rings is 2. The van der Waals surface area contributed by atoms with E-state index in [-0.39, 0.29) is 17.3 Å². The first-order valence-electron chi connectivity index (χ1n) is 7.93. The van der Waals surface area contributed by atoms with Crippen molar-refractivity contribution in [3.05, 3.63) is 57.6 Å². The van der Waals surface area contributed by atoms with Crippen molar-refractivity contribution in [3.63, 3.8) is 0 Å². The summed E-state index contributed by atoms with van der Waals surface area (Å²) in [5, 5.41) is 13.5. The molecule has 0 atom stereocenters. The zero-order valence-corrected chi connectivity index (χ0v) is 15.4. The Morgan fingerprint density at radius 2 is 1.67 bits per heavy atom. The predicted octanol–water partition coefficient (Wildman–Crippen LogP) is 3.66. The van der Waals surface area contributed by atoms with Crippen LogP contribution in [0.3, 0.4) is 0 Å². The highest BCUT2D eigenvalue weighted by molar-refractivity contribution is 6.07. The van der Waals surface area contributed by atoms with Gasteiger partial charge in [0.2, 0.25) is 0 Å². The van der Waals surface area contributed by atoms with Gasteiger partial charge in [-0.3, -0.25) is 14.9 Å². The van der Waals surface area contributed by atoms with Crippen LogP contribution in [-0.4, -0.2) is 32.2 Å². The molecule has 0 saturated carbocycles. The fourth-order valence-electron chi connectivity index (χ4n) is 2.38. The van der Waals surface area contributed by atoms with E-state index in [9.17, 15) is 14.9 Å².